The quantitative estimate of drug-likeness (QED) is 0.572. The molecule has 1 amide bonds. The smallest absolute Gasteiger partial charge is 0.306 e. The second-order valence-electron chi connectivity index (χ2n) is 4.84. The van der Waals surface area contributed by atoms with Gasteiger partial charge in [0, 0.05) is 12.0 Å². The van der Waals surface area contributed by atoms with Crippen LogP contribution in [-0.4, -0.2) is 30.8 Å². The third-order valence-corrected chi connectivity index (χ3v) is 3.54. The molecule has 0 aromatic carbocycles. The van der Waals surface area contributed by atoms with Gasteiger partial charge in [0.2, 0.25) is 5.91 Å². The van der Waals surface area contributed by atoms with Crippen molar-refractivity contribution in [2.75, 3.05) is 6.61 Å². The first-order valence-corrected chi connectivity index (χ1v) is 6.10. The summed E-state index contributed by atoms with van der Waals surface area (Å²) in [6, 6.07) is 0.148. The van der Waals surface area contributed by atoms with Gasteiger partial charge in [0.15, 0.2) is 0 Å². The molecule has 0 bridgehead atoms. The van der Waals surface area contributed by atoms with Gasteiger partial charge in [0.1, 0.15) is 12.9 Å². The minimum Gasteiger partial charge on any atom is -0.465 e. The van der Waals surface area contributed by atoms with Crippen LogP contribution in [0.25, 0.3) is 0 Å². The molecule has 1 N–H and O–H groups in total. The number of hydrogen-bond donors (Lipinski definition) is 1. The van der Waals surface area contributed by atoms with E-state index in [1.165, 1.54) is 0 Å². The number of nitrogens with one attached hydrogen (secondary N) is 1. The Balaban J connectivity index is 1.76. The molecule has 17 heavy (non-hydrogen) atoms. The van der Waals surface area contributed by atoms with E-state index in [1.54, 1.807) is 0 Å². The molecule has 2 fully saturated rings. The van der Waals surface area contributed by atoms with Crippen LogP contribution in [0.2, 0.25) is 0 Å². The van der Waals surface area contributed by atoms with E-state index in [9.17, 15) is 14.4 Å². The molecular formula is C12H17NO4. The Kier molecular flexibility index (Phi) is 3.76. The van der Waals surface area contributed by atoms with Crippen LogP contribution in [0.5, 0.6) is 0 Å². The number of carbonyl (C=O) groups is 3. The van der Waals surface area contributed by atoms with Gasteiger partial charge in [-0.1, -0.05) is 0 Å². The average Bonchev–Trinajstić information content (AvgIpc) is 2.77. The first kappa shape index (κ1) is 12.1. The highest BCUT2D eigenvalue weighted by molar-refractivity contribution is 5.86. The molecule has 1 saturated carbocycles. The Labute approximate surface area is 99.9 Å². The first-order chi connectivity index (χ1) is 8.19. The Morgan fingerprint density at radius 1 is 1.29 bits per heavy atom. The maximum Gasteiger partial charge on any atom is 0.306 e. The number of aldehydes is 1. The zero-order valence-electron chi connectivity index (χ0n) is 9.69. The summed E-state index contributed by atoms with van der Waals surface area (Å²) in [7, 11) is 0. The lowest BCUT2D eigenvalue weighted by atomic mass is 9.87. The molecule has 0 radical (unpaired) electrons. The van der Waals surface area contributed by atoms with E-state index in [4.69, 9.17) is 4.74 Å². The molecule has 0 spiro atoms. The summed E-state index contributed by atoms with van der Waals surface area (Å²) in [5.74, 6) is -0.564. The van der Waals surface area contributed by atoms with Crippen LogP contribution < -0.4 is 5.32 Å². The summed E-state index contributed by atoms with van der Waals surface area (Å²) in [6.07, 6.45) is 4.56. The van der Waals surface area contributed by atoms with Crippen molar-refractivity contribution in [1.82, 2.24) is 5.32 Å². The van der Waals surface area contributed by atoms with Crippen molar-refractivity contribution >= 4 is 18.2 Å². The van der Waals surface area contributed by atoms with Crippen molar-refractivity contribution in [1.29, 1.82) is 0 Å². The monoisotopic (exact) mass is 239 g/mol. The minimum absolute atomic E-state index is 0.0922. The maximum absolute atomic E-state index is 11.8. The molecule has 5 nitrogen and oxygen atoms in total. The second kappa shape index (κ2) is 5.29. The third kappa shape index (κ3) is 3.05. The standard InChI is InChI=1S/C12H17NO4/c14-6-8-1-3-10(4-2-8)13-12(16)9-5-11(15)17-7-9/h6,8-10H,1-5,7H2,(H,13,16). The molecule has 1 saturated heterocycles. The van der Waals surface area contributed by atoms with Gasteiger partial charge >= 0.3 is 5.97 Å². The number of carbonyl (C=O) groups excluding carboxylic acids is 3. The molecule has 5 heteroatoms. The largest absolute Gasteiger partial charge is 0.465 e. The minimum atomic E-state index is -0.328. The van der Waals surface area contributed by atoms with Crippen molar-refractivity contribution in [2.24, 2.45) is 11.8 Å². The molecule has 94 valence electrons. The SMILES string of the molecule is O=CC1CCC(NC(=O)C2COC(=O)C2)CC1. The van der Waals surface area contributed by atoms with E-state index in [2.05, 4.69) is 5.32 Å². The third-order valence-electron chi connectivity index (χ3n) is 3.54. The molecular weight excluding hydrogens is 222 g/mol. The lowest BCUT2D eigenvalue weighted by Gasteiger charge is -2.26. The van der Waals surface area contributed by atoms with E-state index in [0.717, 1.165) is 32.0 Å². The zero-order valence-corrected chi connectivity index (χ0v) is 9.69. The molecule has 2 aliphatic rings. The van der Waals surface area contributed by atoms with E-state index in [1.807, 2.05) is 0 Å². The summed E-state index contributed by atoms with van der Waals surface area (Å²) in [5.41, 5.74) is 0. The number of amides is 1. The number of cyclic esters (lactones) is 1. The highest BCUT2D eigenvalue weighted by Crippen LogP contribution is 2.23. The normalized spacial score (nSPS) is 32.9. The van der Waals surface area contributed by atoms with E-state index in [0.29, 0.717) is 0 Å². The fourth-order valence-corrected chi connectivity index (χ4v) is 2.40. The van der Waals surface area contributed by atoms with Crippen LogP contribution >= 0.6 is 0 Å². The Hall–Kier alpha value is -1.39. The predicted octanol–water partition coefficient (Wildman–Crippen LogP) is 0.423. The molecule has 0 aromatic rings. The highest BCUT2D eigenvalue weighted by atomic mass is 16.5. The summed E-state index contributed by atoms with van der Waals surface area (Å²) in [6.45, 7) is 0.203. The van der Waals surface area contributed by atoms with Gasteiger partial charge in [-0.15, -0.1) is 0 Å². The van der Waals surface area contributed by atoms with Crippen LogP contribution in [0.15, 0.2) is 0 Å². The van der Waals surface area contributed by atoms with E-state index >= 15 is 0 Å². The molecule has 1 unspecified atom stereocenters. The van der Waals surface area contributed by atoms with Crippen molar-refractivity contribution in [3.8, 4) is 0 Å². The topological polar surface area (TPSA) is 72.5 Å². The molecule has 1 atom stereocenters. The number of rotatable bonds is 3. The number of hydrogen-bond acceptors (Lipinski definition) is 4. The van der Waals surface area contributed by atoms with E-state index in [-0.39, 0.29) is 42.8 Å². The summed E-state index contributed by atoms with van der Waals surface area (Å²) < 4.78 is 4.76. The Morgan fingerprint density at radius 2 is 2.00 bits per heavy atom. The zero-order chi connectivity index (χ0) is 12.3. The molecule has 0 aromatic heterocycles. The van der Waals surface area contributed by atoms with Gasteiger partial charge < -0.3 is 14.8 Å². The van der Waals surface area contributed by atoms with Gasteiger partial charge in [-0.3, -0.25) is 9.59 Å². The highest BCUT2D eigenvalue weighted by Gasteiger charge is 2.31. The van der Waals surface area contributed by atoms with Gasteiger partial charge in [0.05, 0.1) is 12.3 Å². The van der Waals surface area contributed by atoms with Gasteiger partial charge in [0.25, 0.3) is 0 Å². The van der Waals surface area contributed by atoms with Crippen LogP contribution in [0, 0.1) is 11.8 Å². The number of ether oxygens (including phenoxy) is 1. The van der Waals surface area contributed by atoms with Crippen molar-refractivity contribution in [3.63, 3.8) is 0 Å². The summed E-state index contributed by atoms with van der Waals surface area (Å²) in [4.78, 5) is 33.3. The Bertz CT molecular complexity index is 320. The second-order valence-corrected chi connectivity index (χ2v) is 4.84. The van der Waals surface area contributed by atoms with Gasteiger partial charge in [-0.2, -0.15) is 0 Å². The first-order valence-electron chi connectivity index (χ1n) is 6.10. The molecule has 1 aliphatic carbocycles. The summed E-state index contributed by atoms with van der Waals surface area (Å²) in [5, 5.41) is 2.94. The van der Waals surface area contributed by atoms with Crippen LogP contribution in [0.4, 0.5) is 0 Å². The van der Waals surface area contributed by atoms with Gasteiger partial charge in [-0.25, -0.2) is 0 Å². The van der Waals surface area contributed by atoms with Crippen LogP contribution in [-0.2, 0) is 19.1 Å². The lowest BCUT2D eigenvalue weighted by Crippen LogP contribution is -2.41. The molecule has 1 aliphatic heterocycles. The van der Waals surface area contributed by atoms with Crippen LogP contribution in [0.3, 0.4) is 0 Å². The van der Waals surface area contributed by atoms with E-state index < -0.39 is 0 Å². The van der Waals surface area contributed by atoms with Gasteiger partial charge in [-0.05, 0) is 25.7 Å². The van der Waals surface area contributed by atoms with Crippen molar-refractivity contribution in [2.45, 2.75) is 38.1 Å². The van der Waals surface area contributed by atoms with Crippen LogP contribution in [0.1, 0.15) is 32.1 Å². The van der Waals surface area contributed by atoms with Crippen molar-refractivity contribution in [3.05, 3.63) is 0 Å². The summed E-state index contributed by atoms with van der Waals surface area (Å²) >= 11 is 0. The fourth-order valence-electron chi connectivity index (χ4n) is 2.40. The number of esters is 1. The fraction of sp³-hybridized carbons (Fsp3) is 0.750. The van der Waals surface area contributed by atoms with Crippen molar-refractivity contribution < 1.29 is 19.1 Å². The average molecular weight is 239 g/mol. The Morgan fingerprint density at radius 3 is 2.53 bits per heavy atom. The molecule has 1 heterocycles. The lowest BCUT2D eigenvalue weighted by molar-refractivity contribution is -0.138. The predicted molar refractivity (Wildman–Crippen MR) is 59.0 cm³/mol. The molecule has 2 rings (SSSR count). The maximum atomic E-state index is 11.8.